The molecule has 2 amide bonds. The van der Waals surface area contributed by atoms with Gasteiger partial charge in [0.15, 0.2) is 0 Å². The molecule has 0 spiro atoms. The zero-order chi connectivity index (χ0) is 17.3. The average molecular weight is 350 g/mol. The molecule has 6 nitrogen and oxygen atoms in total. The van der Waals surface area contributed by atoms with E-state index in [1.807, 2.05) is 0 Å². The number of hydrogen-bond acceptors (Lipinski definition) is 4. The maximum absolute atomic E-state index is 12.4. The lowest BCUT2D eigenvalue weighted by Gasteiger charge is -2.22. The summed E-state index contributed by atoms with van der Waals surface area (Å²) in [7, 11) is -5.45. The summed E-state index contributed by atoms with van der Waals surface area (Å²) in [5.41, 5.74) is -5.44. The minimum Gasteiger partial charge on any atom is -0.354 e. The molecule has 1 fully saturated rings. The predicted octanol–water partition coefficient (Wildman–Crippen LogP) is 0.989. The van der Waals surface area contributed by atoms with Gasteiger partial charge in [-0.3, -0.25) is 9.59 Å². The molecule has 1 heterocycles. The molecule has 0 saturated carbocycles. The van der Waals surface area contributed by atoms with Crippen LogP contribution in [0.1, 0.15) is 23.2 Å². The molecule has 2 rings (SSSR count). The largest absolute Gasteiger partial charge is 0.501 e. The normalized spacial score (nSPS) is 19.1. The van der Waals surface area contributed by atoms with Crippen LogP contribution in [0.25, 0.3) is 0 Å². The van der Waals surface area contributed by atoms with E-state index >= 15 is 0 Å². The standard InChI is InChI=1S/C13H13F3N2O4S/c14-13(15,16)23(21,22)9-5-3-8(4-6-9)11(19)18-10-2-1-7-17-12(10)20/h3-6,10H,1-2,7H2,(H,17,20)(H,18,19)/t10-/m0/s1. The van der Waals surface area contributed by atoms with Crippen molar-refractivity contribution in [2.45, 2.75) is 29.3 Å². The highest BCUT2D eigenvalue weighted by atomic mass is 32.2. The first-order chi connectivity index (χ1) is 10.6. The van der Waals surface area contributed by atoms with Gasteiger partial charge in [-0.05, 0) is 37.1 Å². The number of amides is 2. The van der Waals surface area contributed by atoms with Crippen molar-refractivity contribution in [3.05, 3.63) is 29.8 Å². The van der Waals surface area contributed by atoms with Gasteiger partial charge in [0.2, 0.25) is 5.91 Å². The van der Waals surface area contributed by atoms with Crippen molar-refractivity contribution in [3.63, 3.8) is 0 Å². The van der Waals surface area contributed by atoms with Crippen LogP contribution in [0.5, 0.6) is 0 Å². The fourth-order valence-electron chi connectivity index (χ4n) is 2.07. The first-order valence-electron chi connectivity index (χ1n) is 6.63. The number of benzene rings is 1. The highest BCUT2D eigenvalue weighted by Crippen LogP contribution is 2.30. The minimum absolute atomic E-state index is 0.0375. The fraction of sp³-hybridized carbons (Fsp3) is 0.385. The van der Waals surface area contributed by atoms with Gasteiger partial charge in [0.1, 0.15) is 6.04 Å². The Morgan fingerprint density at radius 2 is 1.83 bits per heavy atom. The second kappa shape index (κ2) is 6.19. The number of rotatable bonds is 3. The van der Waals surface area contributed by atoms with Crippen molar-refractivity contribution in [2.24, 2.45) is 0 Å². The highest BCUT2D eigenvalue weighted by Gasteiger charge is 2.46. The Balaban J connectivity index is 2.13. The van der Waals surface area contributed by atoms with Crippen LogP contribution in [0.2, 0.25) is 0 Å². The first-order valence-corrected chi connectivity index (χ1v) is 8.11. The van der Waals surface area contributed by atoms with Gasteiger partial charge < -0.3 is 10.6 Å². The smallest absolute Gasteiger partial charge is 0.354 e. The molecule has 1 aromatic carbocycles. The van der Waals surface area contributed by atoms with Gasteiger partial charge in [-0.2, -0.15) is 13.2 Å². The van der Waals surface area contributed by atoms with Gasteiger partial charge in [-0.1, -0.05) is 0 Å². The number of halogens is 3. The second-order valence-electron chi connectivity index (χ2n) is 4.93. The van der Waals surface area contributed by atoms with E-state index in [-0.39, 0.29) is 11.5 Å². The Morgan fingerprint density at radius 3 is 2.35 bits per heavy atom. The van der Waals surface area contributed by atoms with Crippen LogP contribution in [0.15, 0.2) is 29.2 Å². The third-order valence-corrected chi connectivity index (χ3v) is 4.82. The van der Waals surface area contributed by atoms with Crippen LogP contribution in [0.3, 0.4) is 0 Å². The molecule has 0 aliphatic carbocycles. The van der Waals surface area contributed by atoms with Crippen molar-refractivity contribution in [1.29, 1.82) is 0 Å². The molecule has 0 bridgehead atoms. The van der Waals surface area contributed by atoms with Gasteiger partial charge >= 0.3 is 5.51 Å². The van der Waals surface area contributed by atoms with Crippen molar-refractivity contribution in [3.8, 4) is 0 Å². The monoisotopic (exact) mass is 350 g/mol. The third kappa shape index (κ3) is 3.63. The van der Waals surface area contributed by atoms with E-state index in [4.69, 9.17) is 0 Å². The van der Waals surface area contributed by atoms with E-state index < -0.39 is 32.2 Å². The Kier molecular flexibility index (Phi) is 4.64. The lowest BCUT2D eigenvalue weighted by atomic mass is 10.1. The molecule has 10 heteroatoms. The van der Waals surface area contributed by atoms with E-state index in [0.29, 0.717) is 31.5 Å². The van der Waals surface area contributed by atoms with Gasteiger partial charge in [0.05, 0.1) is 4.90 Å². The molecule has 1 aromatic rings. The van der Waals surface area contributed by atoms with E-state index in [2.05, 4.69) is 10.6 Å². The Morgan fingerprint density at radius 1 is 1.22 bits per heavy atom. The Bertz CT molecular complexity index is 714. The summed E-state index contributed by atoms with van der Waals surface area (Å²) in [6.45, 7) is 0.523. The average Bonchev–Trinajstić information content (AvgIpc) is 2.48. The molecular weight excluding hydrogens is 337 g/mol. The van der Waals surface area contributed by atoms with E-state index in [0.717, 1.165) is 12.1 Å². The summed E-state index contributed by atoms with van der Waals surface area (Å²) in [6.07, 6.45) is 1.15. The van der Waals surface area contributed by atoms with E-state index in [1.165, 1.54) is 0 Å². The predicted molar refractivity (Wildman–Crippen MR) is 73.2 cm³/mol. The molecular formula is C13H13F3N2O4S. The van der Waals surface area contributed by atoms with Crippen LogP contribution in [0.4, 0.5) is 13.2 Å². The summed E-state index contributed by atoms with van der Waals surface area (Å²) in [5, 5.41) is 5.03. The maximum atomic E-state index is 12.4. The molecule has 0 unspecified atom stereocenters. The number of nitrogens with one attached hydrogen (secondary N) is 2. The minimum atomic E-state index is -5.45. The Hall–Kier alpha value is -2.10. The third-order valence-electron chi connectivity index (χ3n) is 3.32. The van der Waals surface area contributed by atoms with Crippen molar-refractivity contribution in [1.82, 2.24) is 10.6 Å². The molecule has 23 heavy (non-hydrogen) atoms. The summed E-state index contributed by atoms with van der Waals surface area (Å²) >= 11 is 0. The summed E-state index contributed by atoms with van der Waals surface area (Å²) < 4.78 is 59.7. The number of piperidine rings is 1. The van der Waals surface area contributed by atoms with Gasteiger partial charge in [-0.25, -0.2) is 8.42 Å². The molecule has 2 N–H and O–H groups in total. The fourth-order valence-corrected chi connectivity index (χ4v) is 2.83. The number of hydrogen-bond donors (Lipinski definition) is 2. The topological polar surface area (TPSA) is 92.3 Å². The van der Waals surface area contributed by atoms with Crippen LogP contribution >= 0.6 is 0 Å². The summed E-state index contributed by atoms with van der Waals surface area (Å²) in [6, 6.07) is 2.63. The zero-order valence-corrected chi connectivity index (χ0v) is 12.5. The van der Waals surface area contributed by atoms with Crippen LogP contribution in [-0.4, -0.2) is 38.3 Å². The molecule has 1 atom stereocenters. The van der Waals surface area contributed by atoms with Crippen molar-refractivity contribution in [2.75, 3.05) is 6.54 Å². The Labute approximate surface area is 130 Å². The van der Waals surface area contributed by atoms with Gasteiger partial charge in [0, 0.05) is 12.1 Å². The summed E-state index contributed by atoms with van der Waals surface area (Å²) in [4.78, 5) is 22.5. The number of carbonyl (C=O) groups excluding carboxylic acids is 2. The van der Waals surface area contributed by atoms with Gasteiger partial charge in [0.25, 0.3) is 15.7 Å². The second-order valence-corrected chi connectivity index (χ2v) is 6.87. The quantitative estimate of drug-likeness (QED) is 0.850. The zero-order valence-electron chi connectivity index (χ0n) is 11.7. The van der Waals surface area contributed by atoms with Crippen LogP contribution in [0, 0.1) is 0 Å². The first kappa shape index (κ1) is 17.3. The number of alkyl halides is 3. The maximum Gasteiger partial charge on any atom is 0.501 e. The molecule has 1 saturated heterocycles. The number of carbonyl (C=O) groups is 2. The molecule has 0 radical (unpaired) electrons. The van der Waals surface area contributed by atoms with Crippen molar-refractivity contribution < 1.29 is 31.2 Å². The summed E-state index contributed by atoms with van der Waals surface area (Å²) in [5.74, 6) is -0.996. The number of sulfone groups is 1. The van der Waals surface area contributed by atoms with E-state index in [9.17, 15) is 31.2 Å². The molecule has 1 aliphatic rings. The lowest BCUT2D eigenvalue weighted by Crippen LogP contribution is -2.50. The van der Waals surface area contributed by atoms with E-state index in [1.54, 1.807) is 0 Å². The highest BCUT2D eigenvalue weighted by molar-refractivity contribution is 7.92. The van der Waals surface area contributed by atoms with Crippen LogP contribution < -0.4 is 10.6 Å². The molecule has 0 aromatic heterocycles. The van der Waals surface area contributed by atoms with Crippen LogP contribution in [-0.2, 0) is 14.6 Å². The molecule has 1 aliphatic heterocycles. The molecule has 126 valence electrons. The SMILES string of the molecule is O=C(N[C@H]1CCCNC1=O)c1ccc(S(=O)(=O)C(F)(F)F)cc1. The van der Waals surface area contributed by atoms with Crippen molar-refractivity contribution >= 4 is 21.7 Å². The van der Waals surface area contributed by atoms with Gasteiger partial charge in [-0.15, -0.1) is 0 Å². The lowest BCUT2D eigenvalue weighted by molar-refractivity contribution is -0.124.